The van der Waals surface area contributed by atoms with Crippen molar-refractivity contribution in [1.29, 1.82) is 5.26 Å². The Morgan fingerprint density at radius 2 is 1.70 bits per heavy atom. The van der Waals surface area contributed by atoms with E-state index >= 15 is 0 Å². The van der Waals surface area contributed by atoms with Crippen molar-refractivity contribution in [1.82, 2.24) is 0 Å². The van der Waals surface area contributed by atoms with Gasteiger partial charge in [-0.25, -0.2) is 9.59 Å². The number of nitriles is 1. The second-order valence-corrected chi connectivity index (χ2v) is 7.91. The average molecular weight is 510 g/mol. The minimum atomic E-state index is -0.950. The smallest absolute Gasteiger partial charge is 0.355 e. The second kappa shape index (κ2) is 9.71. The Labute approximate surface area is 199 Å². The van der Waals surface area contributed by atoms with Crippen LogP contribution in [0.2, 0.25) is 0 Å². The summed E-state index contributed by atoms with van der Waals surface area (Å²) < 4.78 is 10.4. The fourth-order valence-corrected chi connectivity index (χ4v) is 4.36. The molecule has 1 unspecified atom stereocenters. The largest absolute Gasteiger partial charge is 0.466 e. The highest BCUT2D eigenvalue weighted by molar-refractivity contribution is 9.10. The molecule has 168 valence electrons. The van der Waals surface area contributed by atoms with Crippen LogP contribution in [-0.4, -0.2) is 31.9 Å². The van der Waals surface area contributed by atoms with Gasteiger partial charge in [0.25, 0.3) is 0 Å². The number of halogens is 1. The van der Waals surface area contributed by atoms with Crippen LogP contribution in [0.4, 0.5) is 5.69 Å². The molecule has 3 rings (SSSR count). The lowest BCUT2D eigenvalue weighted by atomic mass is 9.81. The van der Waals surface area contributed by atoms with Gasteiger partial charge in [0.2, 0.25) is 0 Å². The Morgan fingerprint density at radius 3 is 2.21 bits per heavy atom. The fourth-order valence-electron chi connectivity index (χ4n) is 3.71. The van der Waals surface area contributed by atoms with Crippen molar-refractivity contribution in [2.75, 3.05) is 19.1 Å². The van der Waals surface area contributed by atoms with Gasteiger partial charge in [-0.3, -0.25) is 9.69 Å². The van der Waals surface area contributed by atoms with Crippen LogP contribution in [0, 0.1) is 11.3 Å². The number of Topliss-reactive ketones (excluding diaryl/α,β-unsaturated/α-hetero) is 1. The number of hydrogen-bond acceptors (Lipinski definition) is 8. The van der Waals surface area contributed by atoms with E-state index in [1.807, 2.05) is 0 Å². The monoisotopic (exact) mass is 509 g/mol. The summed E-state index contributed by atoms with van der Waals surface area (Å²) in [5.41, 5.74) is 7.55. The summed E-state index contributed by atoms with van der Waals surface area (Å²) in [7, 11) is 2.36. The number of ketones is 1. The van der Waals surface area contributed by atoms with E-state index in [1.54, 1.807) is 48.5 Å². The van der Waals surface area contributed by atoms with Crippen LogP contribution in [-0.2, 0) is 19.1 Å². The molecular formula is C24H20BrN3O5. The quantitative estimate of drug-likeness (QED) is 0.479. The number of nitrogens with two attached hydrogens (primary N) is 1. The van der Waals surface area contributed by atoms with Gasteiger partial charge in [-0.1, -0.05) is 30.3 Å². The van der Waals surface area contributed by atoms with Crippen LogP contribution in [0.3, 0.4) is 0 Å². The SMILES string of the molecule is COC(=O)C1=C(C(=O)OC)N(c2ccc(C(C)=O)c(Br)c2)C(N)=C(C#N)C1c1ccccc1. The van der Waals surface area contributed by atoms with Crippen molar-refractivity contribution < 1.29 is 23.9 Å². The molecule has 1 aliphatic rings. The maximum absolute atomic E-state index is 13.0. The number of hydrogen-bond donors (Lipinski definition) is 1. The molecule has 0 bridgehead atoms. The second-order valence-electron chi connectivity index (χ2n) is 7.06. The molecule has 0 amide bonds. The van der Waals surface area contributed by atoms with E-state index in [1.165, 1.54) is 26.0 Å². The lowest BCUT2D eigenvalue weighted by Gasteiger charge is -2.36. The molecule has 2 N–H and O–H groups in total. The van der Waals surface area contributed by atoms with Gasteiger partial charge in [0, 0.05) is 15.7 Å². The van der Waals surface area contributed by atoms with Crippen LogP contribution < -0.4 is 10.6 Å². The molecule has 0 spiro atoms. The van der Waals surface area contributed by atoms with Crippen LogP contribution in [0.1, 0.15) is 28.8 Å². The van der Waals surface area contributed by atoms with E-state index < -0.39 is 17.9 Å². The Kier molecular flexibility index (Phi) is 6.99. The molecule has 0 aromatic heterocycles. The highest BCUT2D eigenvalue weighted by Crippen LogP contribution is 2.43. The Hall–Kier alpha value is -3.90. The summed E-state index contributed by atoms with van der Waals surface area (Å²) in [6.07, 6.45) is 0. The van der Waals surface area contributed by atoms with E-state index in [0.717, 1.165) is 0 Å². The molecule has 2 aromatic rings. The van der Waals surface area contributed by atoms with Crippen molar-refractivity contribution in [2.45, 2.75) is 12.8 Å². The Balaban J connectivity index is 2.40. The van der Waals surface area contributed by atoms with Crippen LogP contribution in [0.25, 0.3) is 0 Å². The number of anilines is 1. The molecule has 8 nitrogen and oxygen atoms in total. The third-order valence-electron chi connectivity index (χ3n) is 5.20. The molecule has 0 aliphatic carbocycles. The van der Waals surface area contributed by atoms with E-state index in [-0.39, 0.29) is 28.4 Å². The summed E-state index contributed by atoms with van der Waals surface area (Å²) in [6, 6.07) is 15.5. The highest BCUT2D eigenvalue weighted by atomic mass is 79.9. The third kappa shape index (κ3) is 4.25. The molecular weight excluding hydrogens is 490 g/mol. The molecule has 0 radical (unpaired) electrons. The van der Waals surface area contributed by atoms with E-state index in [2.05, 4.69) is 22.0 Å². The zero-order chi connectivity index (χ0) is 24.3. The summed E-state index contributed by atoms with van der Waals surface area (Å²) in [5, 5.41) is 10.0. The van der Waals surface area contributed by atoms with Crippen molar-refractivity contribution in [2.24, 2.45) is 5.73 Å². The molecule has 1 heterocycles. The molecule has 1 aliphatic heterocycles. The average Bonchev–Trinajstić information content (AvgIpc) is 2.82. The first-order valence-electron chi connectivity index (χ1n) is 9.72. The van der Waals surface area contributed by atoms with Gasteiger partial charge in [0.05, 0.1) is 37.4 Å². The first kappa shape index (κ1) is 23.8. The molecule has 9 heteroatoms. The molecule has 2 aromatic carbocycles. The predicted octanol–water partition coefficient (Wildman–Crippen LogP) is 3.55. The van der Waals surface area contributed by atoms with Crippen molar-refractivity contribution >= 4 is 39.3 Å². The van der Waals surface area contributed by atoms with Gasteiger partial charge in [-0.15, -0.1) is 0 Å². The first-order valence-corrected chi connectivity index (χ1v) is 10.5. The zero-order valence-electron chi connectivity index (χ0n) is 18.1. The molecule has 0 saturated carbocycles. The number of carbonyl (C=O) groups excluding carboxylic acids is 3. The standard InChI is InChI=1S/C24H20BrN3O5/c1-13(29)16-10-9-15(11-18(16)25)28-21(24(31)33-3)20(23(30)32-2)19(17(12-26)22(28)27)14-7-5-4-6-8-14/h4-11,19H,27H2,1-3H3. The maximum Gasteiger partial charge on any atom is 0.355 e. The Morgan fingerprint density at radius 1 is 1.06 bits per heavy atom. The van der Waals surface area contributed by atoms with Crippen LogP contribution in [0.15, 0.2) is 75.7 Å². The zero-order valence-corrected chi connectivity index (χ0v) is 19.7. The Bertz CT molecular complexity index is 1240. The minimum absolute atomic E-state index is 0.0538. The van der Waals surface area contributed by atoms with Crippen LogP contribution in [0.5, 0.6) is 0 Å². The predicted molar refractivity (Wildman–Crippen MR) is 124 cm³/mol. The lowest BCUT2D eigenvalue weighted by Crippen LogP contribution is -2.40. The van der Waals surface area contributed by atoms with Gasteiger partial charge < -0.3 is 15.2 Å². The number of allylic oxidation sites excluding steroid dienone is 1. The molecule has 0 saturated heterocycles. The number of ether oxygens (including phenoxy) is 2. The van der Waals surface area contributed by atoms with Gasteiger partial charge >= 0.3 is 11.9 Å². The molecule has 0 fully saturated rings. The summed E-state index contributed by atoms with van der Waals surface area (Å²) in [5.74, 6) is -2.83. The van der Waals surface area contributed by atoms with E-state index in [4.69, 9.17) is 15.2 Å². The van der Waals surface area contributed by atoms with Crippen molar-refractivity contribution in [3.63, 3.8) is 0 Å². The van der Waals surface area contributed by atoms with E-state index in [0.29, 0.717) is 21.3 Å². The minimum Gasteiger partial charge on any atom is -0.466 e. The van der Waals surface area contributed by atoms with Gasteiger partial charge in [0.15, 0.2) is 5.78 Å². The first-order chi connectivity index (χ1) is 15.8. The van der Waals surface area contributed by atoms with Gasteiger partial charge in [-0.05, 0) is 46.6 Å². The van der Waals surface area contributed by atoms with Crippen LogP contribution >= 0.6 is 15.9 Å². The number of nitrogens with zero attached hydrogens (tertiary/aromatic N) is 2. The van der Waals surface area contributed by atoms with Crippen molar-refractivity contribution in [3.05, 3.63) is 86.8 Å². The third-order valence-corrected chi connectivity index (χ3v) is 5.86. The maximum atomic E-state index is 13.0. The number of carbonyl (C=O) groups is 3. The summed E-state index contributed by atoms with van der Waals surface area (Å²) in [6.45, 7) is 1.42. The molecule has 1 atom stereocenters. The molecule has 33 heavy (non-hydrogen) atoms. The topological polar surface area (TPSA) is 123 Å². The highest BCUT2D eigenvalue weighted by Gasteiger charge is 2.43. The van der Waals surface area contributed by atoms with E-state index in [9.17, 15) is 19.6 Å². The van der Waals surface area contributed by atoms with Gasteiger partial charge in [0.1, 0.15) is 11.5 Å². The summed E-state index contributed by atoms with van der Waals surface area (Å²) >= 11 is 3.35. The lowest BCUT2D eigenvalue weighted by molar-refractivity contribution is -0.139. The number of rotatable bonds is 5. The fraction of sp³-hybridized carbons (Fsp3) is 0.167. The number of esters is 2. The van der Waals surface area contributed by atoms with Gasteiger partial charge in [-0.2, -0.15) is 5.26 Å². The summed E-state index contributed by atoms with van der Waals surface area (Å²) in [4.78, 5) is 39.1. The number of benzene rings is 2. The number of methoxy groups -OCH3 is 2. The normalized spacial score (nSPS) is 15.7. The van der Waals surface area contributed by atoms with Crippen molar-refractivity contribution in [3.8, 4) is 6.07 Å².